The second-order valence-corrected chi connectivity index (χ2v) is 7.96. The van der Waals surface area contributed by atoms with E-state index >= 15 is 0 Å². The van der Waals surface area contributed by atoms with E-state index in [-0.39, 0.29) is 24.9 Å². The minimum Gasteiger partial charge on any atom is -0.480 e. The molecule has 0 radical (unpaired) electrons. The standard InChI is InChI=1S/C25H30N2O5/c1-2-9-22(24(29)30)27-23(28)14-7-8-15-26-25(31)32-16-21-19-12-5-3-10-17(19)18-11-4-6-13-20(18)21/h3-6,10-13,21-22H,2,7-9,14-16H2,1H3,(H,26,31)(H,27,28)(H,29,30)/t22-/m0/s1. The fourth-order valence-electron chi connectivity index (χ4n) is 4.06. The third-order valence-electron chi connectivity index (χ3n) is 5.65. The number of unbranched alkanes of at least 4 members (excludes halogenated alkanes) is 1. The first-order chi connectivity index (χ1) is 15.5. The van der Waals surface area contributed by atoms with Crippen LogP contribution in [-0.2, 0) is 14.3 Å². The molecule has 0 aliphatic heterocycles. The zero-order valence-electron chi connectivity index (χ0n) is 18.3. The van der Waals surface area contributed by atoms with Crippen LogP contribution >= 0.6 is 0 Å². The third kappa shape index (κ3) is 5.87. The molecule has 2 aromatic rings. The number of carboxylic acids is 1. The first-order valence-corrected chi connectivity index (χ1v) is 11.1. The lowest BCUT2D eigenvalue weighted by atomic mass is 9.98. The molecular weight excluding hydrogens is 408 g/mol. The molecule has 1 aliphatic carbocycles. The van der Waals surface area contributed by atoms with E-state index in [1.54, 1.807) is 0 Å². The smallest absolute Gasteiger partial charge is 0.407 e. The number of rotatable bonds is 11. The quantitative estimate of drug-likeness (QED) is 0.459. The van der Waals surface area contributed by atoms with Gasteiger partial charge in [0.05, 0.1) is 0 Å². The SMILES string of the molecule is CCC[C@H](NC(=O)CCCCNC(=O)OCC1c2ccccc2-c2ccccc21)C(=O)O. The van der Waals surface area contributed by atoms with Gasteiger partial charge in [-0.1, -0.05) is 61.9 Å². The molecule has 170 valence electrons. The molecule has 7 nitrogen and oxygen atoms in total. The van der Waals surface area contributed by atoms with Crippen LogP contribution < -0.4 is 10.6 Å². The van der Waals surface area contributed by atoms with Crippen LogP contribution in [0.25, 0.3) is 11.1 Å². The van der Waals surface area contributed by atoms with E-state index < -0.39 is 18.1 Å². The van der Waals surface area contributed by atoms with Crippen LogP contribution in [0.2, 0.25) is 0 Å². The summed E-state index contributed by atoms with van der Waals surface area (Å²) < 4.78 is 5.48. The predicted octanol–water partition coefficient (Wildman–Crippen LogP) is 4.06. The average Bonchev–Trinajstić information content (AvgIpc) is 3.11. The fourth-order valence-corrected chi connectivity index (χ4v) is 4.06. The zero-order chi connectivity index (χ0) is 22.9. The molecule has 1 atom stereocenters. The molecule has 3 rings (SSSR count). The summed E-state index contributed by atoms with van der Waals surface area (Å²) in [5.41, 5.74) is 4.68. The van der Waals surface area contributed by atoms with Crippen molar-refractivity contribution in [2.24, 2.45) is 0 Å². The lowest BCUT2D eigenvalue weighted by Gasteiger charge is -2.15. The largest absolute Gasteiger partial charge is 0.480 e. The topological polar surface area (TPSA) is 105 Å². The predicted molar refractivity (Wildman–Crippen MR) is 121 cm³/mol. The number of amides is 2. The Morgan fingerprint density at radius 1 is 1.00 bits per heavy atom. The zero-order valence-corrected chi connectivity index (χ0v) is 18.3. The van der Waals surface area contributed by atoms with Gasteiger partial charge in [0.1, 0.15) is 12.6 Å². The number of hydrogen-bond donors (Lipinski definition) is 3. The lowest BCUT2D eigenvalue weighted by Crippen LogP contribution is -2.40. The summed E-state index contributed by atoms with van der Waals surface area (Å²) in [5, 5.41) is 14.3. The minimum absolute atomic E-state index is 0.0159. The summed E-state index contributed by atoms with van der Waals surface area (Å²) >= 11 is 0. The van der Waals surface area contributed by atoms with Gasteiger partial charge in [0.15, 0.2) is 0 Å². The molecule has 0 heterocycles. The van der Waals surface area contributed by atoms with Crippen LogP contribution in [0, 0.1) is 0 Å². The molecule has 7 heteroatoms. The summed E-state index contributed by atoms with van der Waals surface area (Å²) in [4.78, 5) is 35.1. The number of carboxylic acid groups (broad SMARTS) is 1. The first kappa shape index (κ1) is 23.3. The number of aliphatic carboxylic acids is 1. The van der Waals surface area contributed by atoms with Crippen LogP contribution in [0.3, 0.4) is 0 Å². The number of benzene rings is 2. The molecule has 32 heavy (non-hydrogen) atoms. The molecule has 1 aliphatic rings. The van der Waals surface area contributed by atoms with Crippen molar-refractivity contribution in [3.05, 3.63) is 59.7 Å². The van der Waals surface area contributed by atoms with Gasteiger partial charge in [0.2, 0.25) is 5.91 Å². The van der Waals surface area contributed by atoms with E-state index in [1.165, 1.54) is 11.1 Å². The van der Waals surface area contributed by atoms with Gasteiger partial charge in [-0.2, -0.15) is 0 Å². The molecule has 2 amide bonds. The Morgan fingerprint density at radius 3 is 2.22 bits per heavy atom. The summed E-state index contributed by atoms with van der Waals surface area (Å²) in [6.07, 6.45) is 1.98. The Hall–Kier alpha value is -3.35. The first-order valence-electron chi connectivity index (χ1n) is 11.1. The normalized spacial score (nSPS) is 13.0. The molecule has 0 bridgehead atoms. The Bertz CT molecular complexity index is 913. The van der Waals surface area contributed by atoms with E-state index in [4.69, 9.17) is 9.84 Å². The molecule has 0 saturated carbocycles. The van der Waals surface area contributed by atoms with Crippen molar-refractivity contribution in [1.82, 2.24) is 10.6 Å². The van der Waals surface area contributed by atoms with Crippen LogP contribution in [0.5, 0.6) is 0 Å². The Balaban J connectivity index is 1.38. The monoisotopic (exact) mass is 438 g/mol. The van der Waals surface area contributed by atoms with E-state index in [2.05, 4.69) is 34.9 Å². The number of carbonyl (C=O) groups excluding carboxylic acids is 2. The number of alkyl carbamates (subject to hydrolysis) is 1. The van der Waals surface area contributed by atoms with Crippen molar-refractivity contribution in [1.29, 1.82) is 0 Å². The van der Waals surface area contributed by atoms with Crippen molar-refractivity contribution in [2.75, 3.05) is 13.2 Å². The van der Waals surface area contributed by atoms with Gasteiger partial charge in [0, 0.05) is 18.9 Å². The van der Waals surface area contributed by atoms with Crippen LogP contribution in [0.1, 0.15) is 56.1 Å². The molecule has 0 aromatic heterocycles. The molecular formula is C25H30N2O5. The van der Waals surface area contributed by atoms with E-state index in [9.17, 15) is 14.4 Å². The summed E-state index contributed by atoms with van der Waals surface area (Å²) in [7, 11) is 0. The average molecular weight is 439 g/mol. The highest BCUT2D eigenvalue weighted by molar-refractivity contribution is 5.83. The minimum atomic E-state index is -1.02. The fraction of sp³-hybridized carbons (Fsp3) is 0.400. The molecule has 0 fully saturated rings. The van der Waals surface area contributed by atoms with E-state index in [0.717, 1.165) is 11.1 Å². The van der Waals surface area contributed by atoms with Crippen LogP contribution in [0.4, 0.5) is 4.79 Å². The van der Waals surface area contributed by atoms with Crippen molar-refractivity contribution < 1.29 is 24.2 Å². The van der Waals surface area contributed by atoms with Gasteiger partial charge >= 0.3 is 12.1 Å². The number of carbonyl (C=O) groups is 3. The second-order valence-electron chi connectivity index (χ2n) is 7.96. The van der Waals surface area contributed by atoms with Gasteiger partial charge in [-0.05, 0) is 41.5 Å². The third-order valence-corrected chi connectivity index (χ3v) is 5.65. The van der Waals surface area contributed by atoms with Crippen molar-refractivity contribution in [3.63, 3.8) is 0 Å². The van der Waals surface area contributed by atoms with Crippen molar-refractivity contribution >= 4 is 18.0 Å². The number of fused-ring (bicyclic) bond motifs is 3. The molecule has 0 spiro atoms. The highest BCUT2D eigenvalue weighted by Gasteiger charge is 2.28. The van der Waals surface area contributed by atoms with Crippen molar-refractivity contribution in [3.8, 4) is 11.1 Å². The van der Waals surface area contributed by atoms with E-state index in [1.807, 2.05) is 31.2 Å². The van der Waals surface area contributed by atoms with Gasteiger partial charge in [-0.3, -0.25) is 4.79 Å². The van der Waals surface area contributed by atoms with Crippen LogP contribution in [0.15, 0.2) is 48.5 Å². The van der Waals surface area contributed by atoms with Gasteiger partial charge in [-0.25, -0.2) is 9.59 Å². The van der Waals surface area contributed by atoms with Gasteiger partial charge in [0.25, 0.3) is 0 Å². The highest BCUT2D eigenvalue weighted by Crippen LogP contribution is 2.44. The Labute approximate surface area is 188 Å². The highest BCUT2D eigenvalue weighted by atomic mass is 16.5. The maximum absolute atomic E-state index is 12.1. The molecule has 0 unspecified atom stereocenters. The number of ether oxygens (including phenoxy) is 1. The Morgan fingerprint density at radius 2 is 1.62 bits per heavy atom. The second kappa shape index (κ2) is 11.3. The summed E-state index contributed by atoms with van der Waals surface area (Å²) in [6, 6.07) is 15.5. The lowest BCUT2D eigenvalue weighted by molar-refractivity contribution is -0.142. The summed E-state index contributed by atoms with van der Waals surface area (Å²) in [6.45, 7) is 2.52. The van der Waals surface area contributed by atoms with E-state index in [0.29, 0.717) is 32.2 Å². The molecule has 3 N–H and O–H groups in total. The number of nitrogens with one attached hydrogen (secondary N) is 2. The number of hydrogen-bond acceptors (Lipinski definition) is 4. The van der Waals surface area contributed by atoms with Crippen molar-refractivity contribution in [2.45, 2.75) is 51.0 Å². The van der Waals surface area contributed by atoms with Gasteiger partial charge in [-0.15, -0.1) is 0 Å². The van der Waals surface area contributed by atoms with Gasteiger partial charge < -0.3 is 20.5 Å². The van der Waals surface area contributed by atoms with Crippen LogP contribution in [-0.4, -0.2) is 42.3 Å². The molecule has 0 saturated heterocycles. The maximum atomic E-state index is 12.1. The molecule has 2 aromatic carbocycles. The summed E-state index contributed by atoms with van der Waals surface area (Å²) in [5.74, 6) is -1.29. The maximum Gasteiger partial charge on any atom is 0.407 e. The Kier molecular flexibility index (Phi) is 8.25.